The first-order valence-electron chi connectivity index (χ1n) is 6.81. The lowest BCUT2D eigenvalue weighted by Gasteiger charge is -2.16. The van der Waals surface area contributed by atoms with Gasteiger partial charge in [-0.25, -0.2) is 0 Å². The van der Waals surface area contributed by atoms with Crippen LogP contribution < -0.4 is 10.2 Å². The summed E-state index contributed by atoms with van der Waals surface area (Å²) in [7, 11) is 3.94. The number of aliphatic hydroxyl groups is 1. The van der Waals surface area contributed by atoms with E-state index in [2.05, 4.69) is 5.32 Å². The van der Waals surface area contributed by atoms with Gasteiger partial charge in [-0.05, 0) is 37.1 Å². The second-order valence-corrected chi connectivity index (χ2v) is 5.41. The van der Waals surface area contributed by atoms with E-state index in [-0.39, 0.29) is 17.9 Å². The Hall–Kier alpha value is -1.55. The van der Waals surface area contributed by atoms with Gasteiger partial charge in [-0.1, -0.05) is 6.42 Å². The van der Waals surface area contributed by atoms with Crippen molar-refractivity contribution in [3.8, 4) is 0 Å². The molecule has 4 heteroatoms. The highest BCUT2D eigenvalue weighted by Gasteiger charge is 2.25. The maximum Gasteiger partial charge on any atom is 0.251 e. The molecule has 2 N–H and O–H groups in total. The van der Waals surface area contributed by atoms with E-state index in [9.17, 15) is 9.90 Å². The fourth-order valence-electron chi connectivity index (χ4n) is 2.49. The number of nitrogens with zero attached hydrogens (tertiary/aromatic N) is 1. The van der Waals surface area contributed by atoms with E-state index >= 15 is 0 Å². The molecule has 1 aromatic rings. The second kappa shape index (κ2) is 6.06. The van der Waals surface area contributed by atoms with E-state index in [1.807, 2.05) is 43.3 Å². The molecule has 1 aromatic carbocycles. The first-order valence-corrected chi connectivity index (χ1v) is 6.81. The molecule has 0 radical (unpaired) electrons. The number of nitrogens with one attached hydrogen (secondary N) is 1. The standard InChI is InChI=1S/C15H22N2O2/c1-17(2)13-8-6-11(7-9-13)15(19)16-10-12-4-3-5-14(12)18/h6-9,12,14,18H,3-5,10H2,1-2H3,(H,16,19). The molecular weight excluding hydrogens is 240 g/mol. The second-order valence-electron chi connectivity index (χ2n) is 5.41. The largest absolute Gasteiger partial charge is 0.393 e. The van der Waals surface area contributed by atoms with E-state index in [1.54, 1.807) is 0 Å². The fourth-order valence-corrected chi connectivity index (χ4v) is 2.49. The van der Waals surface area contributed by atoms with Crippen LogP contribution in [0.4, 0.5) is 5.69 Å². The third-order valence-electron chi connectivity index (χ3n) is 3.79. The van der Waals surface area contributed by atoms with Gasteiger partial charge in [-0.15, -0.1) is 0 Å². The van der Waals surface area contributed by atoms with Crippen molar-refractivity contribution in [2.75, 3.05) is 25.5 Å². The van der Waals surface area contributed by atoms with Gasteiger partial charge in [0.25, 0.3) is 5.91 Å². The monoisotopic (exact) mass is 262 g/mol. The van der Waals surface area contributed by atoms with Crippen LogP contribution in [-0.4, -0.2) is 37.8 Å². The highest BCUT2D eigenvalue weighted by atomic mass is 16.3. The normalized spacial score (nSPS) is 22.3. The van der Waals surface area contributed by atoms with Crippen molar-refractivity contribution in [1.29, 1.82) is 0 Å². The zero-order chi connectivity index (χ0) is 13.8. The predicted octanol–water partition coefficient (Wildman–Crippen LogP) is 1.64. The number of carbonyl (C=O) groups excluding carboxylic acids is 1. The van der Waals surface area contributed by atoms with Gasteiger partial charge in [0.1, 0.15) is 0 Å². The molecule has 0 aromatic heterocycles. The number of anilines is 1. The molecule has 1 aliphatic carbocycles. The smallest absolute Gasteiger partial charge is 0.251 e. The van der Waals surface area contributed by atoms with Crippen LogP contribution in [0.1, 0.15) is 29.6 Å². The van der Waals surface area contributed by atoms with Crippen LogP contribution in [0.2, 0.25) is 0 Å². The number of hydrogen-bond donors (Lipinski definition) is 2. The lowest BCUT2D eigenvalue weighted by molar-refractivity contribution is 0.0917. The summed E-state index contributed by atoms with van der Waals surface area (Å²) in [5.41, 5.74) is 1.74. The third kappa shape index (κ3) is 3.47. The molecule has 2 unspecified atom stereocenters. The fraction of sp³-hybridized carbons (Fsp3) is 0.533. The van der Waals surface area contributed by atoms with Crippen molar-refractivity contribution in [2.45, 2.75) is 25.4 Å². The van der Waals surface area contributed by atoms with Crippen LogP contribution in [0.3, 0.4) is 0 Å². The van der Waals surface area contributed by atoms with Gasteiger partial charge in [-0.2, -0.15) is 0 Å². The summed E-state index contributed by atoms with van der Waals surface area (Å²) >= 11 is 0. The molecule has 0 heterocycles. The molecule has 2 rings (SSSR count). The van der Waals surface area contributed by atoms with E-state index in [1.165, 1.54) is 0 Å². The molecule has 1 fully saturated rings. The zero-order valence-electron chi connectivity index (χ0n) is 11.6. The molecular formula is C15H22N2O2. The zero-order valence-corrected chi connectivity index (χ0v) is 11.6. The molecule has 0 bridgehead atoms. The van der Waals surface area contributed by atoms with Gasteiger partial charge < -0.3 is 15.3 Å². The molecule has 4 nitrogen and oxygen atoms in total. The lowest BCUT2D eigenvalue weighted by atomic mass is 10.1. The average Bonchev–Trinajstić information content (AvgIpc) is 2.81. The summed E-state index contributed by atoms with van der Waals surface area (Å²) in [5, 5.41) is 12.6. The number of benzene rings is 1. The lowest BCUT2D eigenvalue weighted by Crippen LogP contribution is -2.32. The Morgan fingerprint density at radius 2 is 2.00 bits per heavy atom. The molecule has 0 saturated heterocycles. The Bertz CT molecular complexity index is 428. The summed E-state index contributed by atoms with van der Waals surface area (Å²) in [5.74, 6) is 0.148. The van der Waals surface area contributed by atoms with Crippen LogP contribution in [-0.2, 0) is 0 Å². The Morgan fingerprint density at radius 3 is 2.53 bits per heavy atom. The molecule has 2 atom stereocenters. The minimum atomic E-state index is -0.253. The molecule has 1 aliphatic rings. The Morgan fingerprint density at radius 1 is 1.32 bits per heavy atom. The van der Waals surface area contributed by atoms with Crippen LogP contribution in [0.5, 0.6) is 0 Å². The number of amides is 1. The van der Waals surface area contributed by atoms with E-state index in [0.29, 0.717) is 12.1 Å². The molecule has 19 heavy (non-hydrogen) atoms. The van der Waals surface area contributed by atoms with Crippen LogP contribution >= 0.6 is 0 Å². The van der Waals surface area contributed by atoms with Gasteiger partial charge in [0.15, 0.2) is 0 Å². The van der Waals surface area contributed by atoms with Crippen molar-refractivity contribution < 1.29 is 9.90 Å². The van der Waals surface area contributed by atoms with Crippen LogP contribution in [0.15, 0.2) is 24.3 Å². The van der Waals surface area contributed by atoms with Crippen LogP contribution in [0.25, 0.3) is 0 Å². The van der Waals surface area contributed by atoms with E-state index in [0.717, 1.165) is 24.9 Å². The Kier molecular flexibility index (Phi) is 4.43. The number of rotatable bonds is 4. The highest BCUT2D eigenvalue weighted by Crippen LogP contribution is 2.24. The number of aliphatic hydroxyl groups excluding tert-OH is 1. The minimum Gasteiger partial charge on any atom is -0.393 e. The van der Waals surface area contributed by atoms with E-state index < -0.39 is 0 Å². The van der Waals surface area contributed by atoms with Gasteiger partial charge >= 0.3 is 0 Å². The molecule has 1 amide bonds. The van der Waals surface area contributed by atoms with Gasteiger partial charge in [0.05, 0.1) is 6.10 Å². The highest BCUT2D eigenvalue weighted by molar-refractivity contribution is 5.94. The van der Waals surface area contributed by atoms with Crippen molar-refractivity contribution in [3.05, 3.63) is 29.8 Å². The van der Waals surface area contributed by atoms with Crippen LogP contribution in [0, 0.1) is 5.92 Å². The topological polar surface area (TPSA) is 52.6 Å². The maximum absolute atomic E-state index is 12.0. The SMILES string of the molecule is CN(C)c1ccc(C(=O)NCC2CCCC2O)cc1. The quantitative estimate of drug-likeness (QED) is 0.867. The van der Waals surface area contributed by atoms with E-state index in [4.69, 9.17) is 0 Å². The van der Waals surface area contributed by atoms with Crippen molar-refractivity contribution in [1.82, 2.24) is 5.32 Å². The summed E-state index contributed by atoms with van der Waals surface area (Å²) in [6.45, 7) is 0.565. The maximum atomic E-state index is 12.0. The molecule has 0 aliphatic heterocycles. The Balaban J connectivity index is 1.89. The van der Waals surface area contributed by atoms with Crippen molar-refractivity contribution >= 4 is 11.6 Å². The Labute approximate surface area is 114 Å². The minimum absolute atomic E-state index is 0.0654. The average molecular weight is 262 g/mol. The summed E-state index contributed by atoms with van der Waals surface area (Å²) < 4.78 is 0. The first-order chi connectivity index (χ1) is 9.08. The molecule has 104 valence electrons. The molecule has 1 saturated carbocycles. The summed E-state index contributed by atoms with van der Waals surface area (Å²) in [6, 6.07) is 7.52. The third-order valence-corrected chi connectivity index (χ3v) is 3.79. The summed E-state index contributed by atoms with van der Waals surface area (Å²) in [4.78, 5) is 14.0. The summed E-state index contributed by atoms with van der Waals surface area (Å²) in [6.07, 6.45) is 2.66. The molecule has 0 spiro atoms. The van der Waals surface area contributed by atoms with Crippen molar-refractivity contribution in [2.24, 2.45) is 5.92 Å². The number of hydrogen-bond acceptors (Lipinski definition) is 3. The predicted molar refractivity (Wildman–Crippen MR) is 76.5 cm³/mol. The van der Waals surface area contributed by atoms with Gasteiger partial charge in [0.2, 0.25) is 0 Å². The van der Waals surface area contributed by atoms with Crippen molar-refractivity contribution in [3.63, 3.8) is 0 Å². The number of carbonyl (C=O) groups is 1. The first kappa shape index (κ1) is 13.9. The van der Waals surface area contributed by atoms with Gasteiger partial charge in [0, 0.05) is 37.8 Å². The van der Waals surface area contributed by atoms with Gasteiger partial charge in [-0.3, -0.25) is 4.79 Å².